The number of aryl methyl sites for hydroxylation is 1. The number of carbonyl (C=O) groups is 1. The number of hydrogen-bond donors (Lipinski definition) is 2. The Morgan fingerprint density at radius 2 is 1.91 bits per heavy atom. The number of nitrogen functional groups attached to an aromatic ring is 1. The van der Waals surface area contributed by atoms with E-state index in [2.05, 4.69) is 9.97 Å². The number of rotatable bonds is 9. The number of benzene rings is 1. The molecule has 9 nitrogen and oxygen atoms in total. The smallest absolute Gasteiger partial charge is 0.330 e. The van der Waals surface area contributed by atoms with Gasteiger partial charge in [-0.15, -0.1) is 0 Å². The maximum atomic E-state index is 14.0. The van der Waals surface area contributed by atoms with Crippen LogP contribution in [0.25, 0.3) is 11.3 Å². The van der Waals surface area contributed by atoms with Gasteiger partial charge >= 0.3 is 5.69 Å². The monoisotopic (exact) mass is 489 g/mol. The van der Waals surface area contributed by atoms with Gasteiger partial charge in [0, 0.05) is 32.0 Å². The number of nitrogens with zero attached hydrogens (tertiary/aromatic N) is 3. The summed E-state index contributed by atoms with van der Waals surface area (Å²) < 4.78 is 34.0. The highest BCUT2D eigenvalue weighted by Gasteiger charge is 2.25. The number of nitrogens with one attached hydrogen (secondary N) is 1. The van der Waals surface area contributed by atoms with Crippen molar-refractivity contribution >= 4 is 17.4 Å². The molecule has 0 aliphatic carbocycles. The number of aromatic amines is 1. The average Bonchev–Trinajstić information content (AvgIpc) is 3.22. The second-order valence-electron chi connectivity index (χ2n) is 9.14. The first kappa shape index (κ1) is 25.9. The number of nitrogens with two attached hydrogens (primary N) is 1. The normalized spacial score (nSPS) is 11.4. The summed E-state index contributed by atoms with van der Waals surface area (Å²) in [5, 5.41) is 0. The van der Waals surface area contributed by atoms with Gasteiger partial charge < -0.3 is 15.1 Å². The Hall–Kier alpha value is -3.76. The van der Waals surface area contributed by atoms with Crippen LogP contribution in [0.15, 0.2) is 38.4 Å². The molecule has 1 aromatic carbocycles. The molecule has 0 aliphatic rings. The molecule has 2 aromatic heterocycles. The number of amides is 1. The zero-order chi connectivity index (χ0) is 25.9. The molecule has 2 heterocycles. The molecule has 0 fully saturated rings. The summed E-state index contributed by atoms with van der Waals surface area (Å²) >= 11 is 0. The lowest BCUT2D eigenvalue weighted by atomic mass is 10.1. The van der Waals surface area contributed by atoms with Crippen molar-refractivity contribution in [3.8, 4) is 11.3 Å². The topological polar surface area (TPSA) is 127 Å². The molecule has 0 saturated carbocycles. The van der Waals surface area contributed by atoms with E-state index in [1.54, 1.807) is 0 Å². The van der Waals surface area contributed by atoms with E-state index in [4.69, 9.17) is 10.2 Å². The highest BCUT2D eigenvalue weighted by molar-refractivity contribution is 5.95. The van der Waals surface area contributed by atoms with Crippen LogP contribution < -0.4 is 21.9 Å². The van der Waals surface area contributed by atoms with E-state index in [1.165, 1.54) is 21.7 Å². The van der Waals surface area contributed by atoms with Crippen molar-refractivity contribution < 1.29 is 18.0 Å². The van der Waals surface area contributed by atoms with Crippen molar-refractivity contribution in [1.82, 2.24) is 14.5 Å². The minimum absolute atomic E-state index is 0.00183. The number of anilines is 2. The minimum atomic E-state index is -0.793. The summed E-state index contributed by atoms with van der Waals surface area (Å²) in [6.45, 7) is 8.03. The van der Waals surface area contributed by atoms with Gasteiger partial charge in [-0.3, -0.25) is 19.1 Å². The predicted octanol–water partition coefficient (Wildman–Crippen LogP) is 3.33. The molecule has 0 aliphatic heterocycles. The van der Waals surface area contributed by atoms with E-state index in [9.17, 15) is 23.2 Å². The number of carbonyl (C=O) groups excluding carboxylic acids is 1. The molecule has 0 saturated heterocycles. The third kappa shape index (κ3) is 6.03. The zero-order valence-electron chi connectivity index (χ0n) is 20.1. The fraction of sp³-hybridized carbons (Fsp3) is 0.417. The molecule has 3 rings (SSSR count). The lowest BCUT2D eigenvalue weighted by molar-refractivity contribution is -0.118. The molecule has 0 unspecified atom stereocenters. The third-order valence-corrected chi connectivity index (χ3v) is 5.18. The summed E-state index contributed by atoms with van der Waals surface area (Å²) in [4.78, 5) is 45.8. The van der Waals surface area contributed by atoms with Gasteiger partial charge in [0.2, 0.25) is 5.91 Å². The highest BCUT2D eigenvalue weighted by atomic mass is 19.1. The Balaban J connectivity index is 1.86. The first-order chi connectivity index (χ1) is 16.5. The average molecular weight is 490 g/mol. The molecule has 35 heavy (non-hydrogen) atoms. The van der Waals surface area contributed by atoms with Crippen LogP contribution in [-0.4, -0.2) is 27.0 Å². The van der Waals surface area contributed by atoms with Crippen LogP contribution in [0.3, 0.4) is 0 Å². The number of oxazole rings is 1. The Morgan fingerprint density at radius 1 is 1.20 bits per heavy atom. The van der Waals surface area contributed by atoms with Crippen LogP contribution in [0.2, 0.25) is 0 Å². The van der Waals surface area contributed by atoms with Gasteiger partial charge in [0.1, 0.15) is 17.5 Å². The zero-order valence-corrected chi connectivity index (χ0v) is 20.1. The van der Waals surface area contributed by atoms with E-state index in [0.29, 0.717) is 0 Å². The Labute approximate surface area is 200 Å². The van der Waals surface area contributed by atoms with Gasteiger partial charge in [-0.25, -0.2) is 18.6 Å². The van der Waals surface area contributed by atoms with Crippen molar-refractivity contribution in [3.05, 3.63) is 62.8 Å². The second-order valence-corrected chi connectivity index (χ2v) is 9.14. The van der Waals surface area contributed by atoms with Gasteiger partial charge in [0.25, 0.3) is 5.56 Å². The molecule has 0 bridgehead atoms. The fourth-order valence-corrected chi connectivity index (χ4v) is 3.66. The number of hydrogen-bond acceptors (Lipinski definition) is 6. The van der Waals surface area contributed by atoms with Crippen molar-refractivity contribution in [1.29, 1.82) is 0 Å². The number of halogens is 2. The van der Waals surface area contributed by atoms with Crippen LogP contribution in [-0.2, 0) is 17.8 Å². The maximum Gasteiger partial charge on any atom is 0.330 e. The summed E-state index contributed by atoms with van der Waals surface area (Å²) in [6, 6.07) is 3.09. The van der Waals surface area contributed by atoms with Crippen LogP contribution in [0.4, 0.5) is 20.3 Å². The molecular formula is C24H29F2N5O4. The Bertz CT molecular complexity index is 1330. The van der Waals surface area contributed by atoms with Crippen LogP contribution in [0.5, 0.6) is 0 Å². The molecule has 3 N–H and O–H groups in total. The molecule has 3 aromatic rings. The van der Waals surface area contributed by atoms with Gasteiger partial charge in [-0.1, -0.05) is 27.7 Å². The van der Waals surface area contributed by atoms with Gasteiger partial charge in [0.05, 0.1) is 11.8 Å². The Morgan fingerprint density at radius 3 is 2.54 bits per heavy atom. The Kier molecular flexibility index (Phi) is 7.88. The summed E-state index contributed by atoms with van der Waals surface area (Å²) in [7, 11) is 0. The summed E-state index contributed by atoms with van der Waals surface area (Å²) in [5.41, 5.74) is 4.79. The first-order valence-electron chi connectivity index (χ1n) is 11.3. The molecular weight excluding hydrogens is 460 g/mol. The quantitative estimate of drug-likeness (QED) is 0.475. The van der Waals surface area contributed by atoms with Crippen LogP contribution in [0.1, 0.15) is 40.0 Å². The van der Waals surface area contributed by atoms with Crippen LogP contribution >= 0.6 is 0 Å². The van der Waals surface area contributed by atoms with E-state index in [0.717, 1.165) is 12.1 Å². The van der Waals surface area contributed by atoms with Crippen molar-refractivity contribution in [3.63, 3.8) is 0 Å². The van der Waals surface area contributed by atoms with Crippen molar-refractivity contribution in [2.24, 2.45) is 11.8 Å². The van der Waals surface area contributed by atoms with E-state index in [-0.39, 0.29) is 66.5 Å². The largest absolute Gasteiger partial charge is 0.441 e. The number of H-pyrrole nitrogens is 1. The predicted molar refractivity (Wildman–Crippen MR) is 128 cm³/mol. The molecule has 0 spiro atoms. The summed E-state index contributed by atoms with van der Waals surface area (Å²) in [5.74, 6) is -1.65. The van der Waals surface area contributed by atoms with Gasteiger partial charge in [-0.2, -0.15) is 0 Å². The number of aromatic nitrogens is 3. The molecule has 1 amide bonds. The van der Waals surface area contributed by atoms with Gasteiger partial charge in [-0.05, 0) is 24.0 Å². The highest BCUT2D eigenvalue weighted by Crippen LogP contribution is 2.25. The molecule has 0 radical (unpaired) electrons. The minimum Gasteiger partial charge on any atom is -0.441 e. The first-order valence-corrected chi connectivity index (χ1v) is 11.3. The molecule has 188 valence electrons. The SMILES string of the molecule is CC(C)CN(C(=O)CCc1ncc(-c2ccc(F)cc2F)o1)c1c(N)n(CC(C)C)c(=O)[nH]c1=O. The van der Waals surface area contributed by atoms with Crippen molar-refractivity contribution in [2.75, 3.05) is 17.2 Å². The lowest BCUT2D eigenvalue weighted by Crippen LogP contribution is -2.43. The second kappa shape index (κ2) is 10.7. The summed E-state index contributed by atoms with van der Waals surface area (Å²) in [6.07, 6.45) is 1.28. The maximum absolute atomic E-state index is 14.0. The van der Waals surface area contributed by atoms with Crippen molar-refractivity contribution in [2.45, 2.75) is 47.1 Å². The van der Waals surface area contributed by atoms with E-state index >= 15 is 0 Å². The van der Waals surface area contributed by atoms with Crippen LogP contribution in [0, 0.1) is 23.5 Å². The lowest BCUT2D eigenvalue weighted by Gasteiger charge is -2.26. The van der Waals surface area contributed by atoms with Gasteiger partial charge in [0.15, 0.2) is 17.3 Å². The van der Waals surface area contributed by atoms with E-state index in [1.807, 2.05) is 27.7 Å². The molecule has 0 atom stereocenters. The standard InChI is InChI=1S/C24H29F2N5O4/c1-13(2)11-30(21-22(27)31(12-14(3)4)24(34)29-23(21)33)20(32)8-7-19-28-10-18(35-19)16-6-5-15(25)9-17(16)26/h5-6,9-10,13-14H,7-8,11-12,27H2,1-4H3,(H,29,33,34). The molecule has 11 heteroatoms. The fourth-order valence-electron chi connectivity index (χ4n) is 3.66. The van der Waals surface area contributed by atoms with E-state index < -0.39 is 28.8 Å². The third-order valence-electron chi connectivity index (χ3n) is 5.18.